The number of carbonyl (C=O) groups is 2. The van der Waals surface area contributed by atoms with Crippen LogP contribution < -0.4 is 14.7 Å². The first kappa shape index (κ1) is 19.6. The molecule has 5 heteroatoms. The summed E-state index contributed by atoms with van der Waals surface area (Å²) >= 11 is 0. The van der Waals surface area contributed by atoms with E-state index in [1.165, 1.54) is 20.3 Å². The van der Waals surface area contributed by atoms with Crippen molar-refractivity contribution in [3.63, 3.8) is 0 Å². The molecule has 0 spiro atoms. The fourth-order valence-electron chi connectivity index (χ4n) is 4.42. The molecule has 0 saturated carbocycles. The van der Waals surface area contributed by atoms with Gasteiger partial charge >= 0.3 is 0 Å². The lowest BCUT2D eigenvalue weighted by molar-refractivity contribution is -1.02. The molecule has 2 fully saturated rings. The number of rotatable bonds is 5. The molecule has 2 aromatic rings. The molecule has 2 N–H and O–H groups in total. The van der Waals surface area contributed by atoms with Gasteiger partial charge in [-0.1, -0.05) is 54.6 Å². The number of para-hydroxylation sites is 1. The molecule has 2 heterocycles. The Hall–Kier alpha value is -2.76. The number of anilines is 1. The van der Waals surface area contributed by atoms with Crippen LogP contribution in [0.3, 0.4) is 0 Å². The molecule has 0 bridgehead atoms. The van der Waals surface area contributed by atoms with E-state index in [2.05, 4.69) is 36.4 Å². The zero-order chi connectivity index (χ0) is 20.2. The molecule has 2 amide bonds. The molecule has 1 atom stereocenters. The van der Waals surface area contributed by atoms with Crippen LogP contribution in [0.15, 0.2) is 60.7 Å². The minimum absolute atomic E-state index is 0.0354. The van der Waals surface area contributed by atoms with Crippen LogP contribution in [-0.2, 0) is 9.59 Å². The first-order valence-corrected chi connectivity index (χ1v) is 10.5. The molecule has 2 saturated heterocycles. The summed E-state index contributed by atoms with van der Waals surface area (Å²) in [6, 6.07) is 17.7. The Morgan fingerprint density at radius 3 is 2.38 bits per heavy atom. The average molecular weight is 392 g/mol. The molecule has 0 radical (unpaired) electrons. The molecule has 150 valence electrons. The fraction of sp³-hybridized carbons (Fsp3) is 0.333. The highest BCUT2D eigenvalue weighted by atomic mass is 16.2. The van der Waals surface area contributed by atoms with E-state index in [0.717, 1.165) is 44.0 Å². The molecule has 0 aliphatic carbocycles. The minimum atomic E-state index is -0.233. The van der Waals surface area contributed by atoms with Crippen LogP contribution in [0.2, 0.25) is 0 Å². The number of carbonyl (C=O) groups excluding carboxylic acids is 2. The van der Waals surface area contributed by atoms with Crippen molar-refractivity contribution in [2.24, 2.45) is 0 Å². The zero-order valence-corrected chi connectivity index (χ0v) is 16.9. The number of nitrogens with one attached hydrogen (secondary N) is 2. The van der Waals surface area contributed by atoms with Gasteiger partial charge < -0.3 is 9.80 Å². The van der Waals surface area contributed by atoms with Crippen molar-refractivity contribution in [1.82, 2.24) is 0 Å². The van der Waals surface area contributed by atoms with Gasteiger partial charge in [0.15, 0.2) is 6.04 Å². The van der Waals surface area contributed by atoms with E-state index < -0.39 is 0 Å². The Bertz CT molecular complexity index is 901. The molecule has 2 aliphatic heterocycles. The summed E-state index contributed by atoms with van der Waals surface area (Å²) < 4.78 is 0. The van der Waals surface area contributed by atoms with Crippen LogP contribution in [0, 0.1) is 6.92 Å². The zero-order valence-electron chi connectivity index (χ0n) is 16.9. The van der Waals surface area contributed by atoms with Gasteiger partial charge in [-0.2, -0.15) is 0 Å². The normalized spacial score (nSPS) is 25.1. The molecule has 5 nitrogen and oxygen atoms in total. The van der Waals surface area contributed by atoms with E-state index in [-0.39, 0.29) is 17.9 Å². The monoisotopic (exact) mass is 391 g/mol. The number of hydrogen-bond donors (Lipinski definition) is 2. The van der Waals surface area contributed by atoms with Crippen LogP contribution in [0.4, 0.5) is 5.69 Å². The molecule has 0 aromatic heterocycles. The molecule has 0 unspecified atom stereocenters. The summed E-state index contributed by atoms with van der Waals surface area (Å²) in [6.45, 7) is 6.85. The van der Waals surface area contributed by atoms with Crippen molar-refractivity contribution in [2.45, 2.75) is 19.4 Å². The maximum absolute atomic E-state index is 13.0. The third-order valence-corrected chi connectivity index (χ3v) is 6.11. The Balaban J connectivity index is 1.33. The highest BCUT2D eigenvalue weighted by Gasteiger charge is 2.47. The van der Waals surface area contributed by atoms with E-state index in [4.69, 9.17) is 0 Å². The maximum Gasteiger partial charge on any atom is 0.292 e. The largest absolute Gasteiger partial charge is 0.322 e. The highest BCUT2D eigenvalue weighted by Crippen LogP contribution is 2.25. The third kappa shape index (κ3) is 4.31. The van der Waals surface area contributed by atoms with Crippen molar-refractivity contribution in [1.29, 1.82) is 0 Å². The second kappa shape index (κ2) is 8.72. The third-order valence-electron chi connectivity index (χ3n) is 6.11. The number of quaternary nitrogens is 2. The van der Waals surface area contributed by atoms with E-state index in [1.54, 1.807) is 0 Å². The molecular formula is C24H29N3O2+2. The van der Waals surface area contributed by atoms with Crippen molar-refractivity contribution in [3.05, 3.63) is 71.8 Å². The van der Waals surface area contributed by atoms with Crippen molar-refractivity contribution >= 4 is 23.6 Å². The minimum Gasteiger partial charge on any atom is -0.322 e. The highest BCUT2D eigenvalue weighted by molar-refractivity contribution is 6.22. The van der Waals surface area contributed by atoms with E-state index >= 15 is 0 Å². The number of amides is 2. The lowest BCUT2D eigenvalue weighted by atomic mass is 10.1. The maximum atomic E-state index is 13.0. The van der Waals surface area contributed by atoms with Gasteiger partial charge in [0, 0.05) is 0 Å². The molecular weight excluding hydrogens is 362 g/mol. The Morgan fingerprint density at radius 2 is 1.66 bits per heavy atom. The number of benzene rings is 2. The van der Waals surface area contributed by atoms with Gasteiger partial charge in [0.1, 0.15) is 26.2 Å². The average Bonchev–Trinajstić information content (AvgIpc) is 3.04. The first-order chi connectivity index (χ1) is 14.1. The summed E-state index contributed by atoms with van der Waals surface area (Å²) in [5.41, 5.74) is 2.92. The second-order valence-electron chi connectivity index (χ2n) is 8.04. The topological polar surface area (TPSA) is 46.3 Å². The van der Waals surface area contributed by atoms with E-state index in [9.17, 15) is 9.59 Å². The van der Waals surface area contributed by atoms with Crippen molar-refractivity contribution in [3.8, 4) is 0 Å². The van der Waals surface area contributed by atoms with Crippen molar-refractivity contribution in [2.75, 3.05) is 37.6 Å². The Kier molecular flexibility index (Phi) is 5.88. The van der Waals surface area contributed by atoms with Gasteiger partial charge in [-0.15, -0.1) is 0 Å². The summed E-state index contributed by atoms with van der Waals surface area (Å²) in [5, 5.41) is 0. The van der Waals surface area contributed by atoms with Crippen molar-refractivity contribution < 1.29 is 19.4 Å². The Labute approximate surface area is 172 Å². The predicted molar refractivity (Wildman–Crippen MR) is 114 cm³/mol. The number of nitrogens with zero attached hydrogens (tertiary/aromatic N) is 1. The summed E-state index contributed by atoms with van der Waals surface area (Å²) in [6.07, 6.45) is 4.73. The standard InChI is InChI=1S/C24H27N3O2/c1-19-8-5-6-12-21(19)27-23(28)18-22(24(27)29)26-16-14-25(15-17-26)13-7-11-20-9-3-2-4-10-20/h2-12,22H,13-18H2,1H3/p+2/b11-7+/t22-/m1/s1. The number of hydrogen-bond acceptors (Lipinski definition) is 2. The van der Waals surface area contributed by atoms with Crippen LogP contribution in [-0.4, -0.2) is 50.6 Å². The van der Waals surface area contributed by atoms with Gasteiger partial charge in [0.2, 0.25) is 5.91 Å². The molecule has 2 aliphatic rings. The Morgan fingerprint density at radius 1 is 0.966 bits per heavy atom. The van der Waals surface area contributed by atoms with E-state index in [1.807, 2.05) is 37.3 Å². The van der Waals surface area contributed by atoms with Gasteiger partial charge in [0.25, 0.3) is 5.91 Å². The molecule has 29 heavy (non-hydrogen) atoms. The quantitative estimate of drug-likeness (QED) is 0.712. The summed E-state index contributed by atoms with van der Waals surface area (Å²) in [7, 11) is 0. The van der Waals surface area contributed by atoms with Gasteiger partial charge in [-0.05, 0) is 30.2 Å². The van der Waals surface area contributed by atoms with Gasteiger partial charge in [-0.25, -0.2) is 4.90 Å². The van der Waals surface area contributed by atoms with Gasteiger partial charge in [0.05, 0.1) is 18.7 Å². The SMILES string of the molecule is Cc1ccccc1N1C(=O)C[C@@H]([NH+]2CC[NH+](C/C=C/c3ccccc3)CC2)C1=O. The summed E-state index contributed by atoms with van der Waals surface area (Å²) in [5.74, 6) is -0.103. The number of piperazine rings is 1. The lowest BCUT2D eigenvalue weighted by Crippen LogP contribution is -3.30. The second-order valence-corrected chi connectivity index (χ2v) is 8.04. The smallest absolute Gasteiger partial charge is 0.292 e. The molecule has 4 rings (SSSR count). The van der Waals surface area contributed by atoms with Crippen LogP contribution in [0.25, 0.3) is 6.08 Å². The number of imide groups is 1. The first-order valence-electron chi connectivity index (χ1n) is 10.5. The van der Waals surface area contributed by atoms with Crippen LogP contribution in [0.1, 0.15) is 17.5 Å². The van der Waals surface area contributed by atoms with Crippen LogP contribution >= 0.6 is 0 Å². The molecule has 2 aromatic carbocycles. The summed E-state index contributed by atoms with van der Waals surface area (Å²) in [4.78, 5) is 29.9. The lowest BCUT2D eigenvalue weighted by Gasteiger charge is -2.31. The van der Waals surface area contributed by atoms with Crippen LogP contribution in [0.5, 0.6) is 0 Å². The fourth-order valence-corrected chi connectivity index (χ4v) is 4.42. The predicted octanol–water partition coefficient (Wildman–Crippen LogP) is 0.124. The number of aryl methyl sites for hydroxylation is 1. The van der Waals surface area contributed by atoms with Gasteiger partial charge in [-0.3, -0.25) is 9.59 Å². The van der Waals surface area contributed by atoms with E-state index in [0.29, 0.717) is 6.42 Å².